The summed E-state index contributed by atoms with van der Waals surface area (Å²) in [6.07, 6.45) is 1.58. The van der Waals surface area contributed by atoms with Crippen LogP contribution in [0.4, 0.5) is 0 Å². The highest BCUT2D eigenvalue weighted by molar-refractivity contribution is 5.28. The second-order valence-corrected chi connectivity index (χ2v) is 5.62. The molecule has 5 heteroatoms. The summed E-state index contributed by atoms with van der Waals surface area (Å²) in [4.78, 5) is 4.26. The molecule has 1 heterocycles. The summed E-state index contributed by atoms with van der Waals surface area (Å²) in [5.74, 6) is 2.24. The molecule has 0 aliphatic carbocycles. The number of nitrogens with zero attached hydrogens (tertiary/aromatic N) is 3. The molecule has 0 aliphatic heterocycles. The van der Waals surface area contributed by atoms with Crippen LogP contribution in [-0.2, 0) is 13.2 Å². The van der Waals surface area contributed by atoms with Crippen LogP contribution in [-0.4, -0.2) is 21.8 Å². The van der Waals surface area contributed by atoms with Crippen molar-refractivity contribution < 1.29 is 4.74 Å². The fourth-order valence-electron chi connectivity index (χ4n) is 2.07. The molecule has 0 fully saturated rings. The van der Waals surface area contributed by atoms with Gasteiger partial charge in [0.05, 0.1) is 0 Å². The van der Waals surface area contributed by atoms with Crippen molar-refractivity contribution in [2.24, 2.45) is 5.92 Å². The number of hydrogen-bond acceptors (Lipinski definition) is 4. The molecule has 2 rings (SSSR count). The van der Waals surface area contributed by atoms with Gasteiger partial charge < -0.3 is 10.1 Å². The lowest BCUT2D eigenvalue weighted by atomic mass is 10.1. The molecule has 0 saturated carbocycles. The second-order valence-electron chi connectivity index (χ2n) is 5.62. The van der Waals surface area contributed by atoms with E-state index in [9.17, 15) is 0 Å². The first kappa shape index (κ1) is 15.5. The Morgan fingerprint density at radius 3 is 2.52 bits per heavy atom. The number of ether oxygens (including phenoxy) is 1. The summed E-state index contributed by atoms with van der Waals surface area (Å²) >= 11 is 0. The summed E-state index contributed by atoms with van der Waals surface area (Å²) in [6.45, 7) is 7.75. The first-order chi connectivity index (χ1) is 10.1. The second kappa shape index (κ2) is 7.22. The van der Waals surface area contributed by atoms with E-state index in [2.05, 4.69) is 48.3 Å². The van der Waals surface area contributed by atoms with Crippen LogP contribution in [0.25, 0.3) is 0 Å². The molecule has 1 unspecified atom stereocenters. The molecule has 114 valence electrons. The van der Waals surface area contributed by atoms with Crippen LogP contribution in [0.3, 0.4) is 0 Å². The smallest absolute Gasteiger partial charge is 0.164 e. The van der Waals surface area contributed by atoms with Gasteiger partial charge in [0.2, 0.25) is 0 Å². The van der Waals surface area contributed by atoms with E-state index in [0.717, 1.165) is 18.1 Å². The van der Waals surface area contributed by atoms with Crippen LogP contribution in [0.5, 0.6) is 5.75 Å². The van der Waals surface area contributed by atoms with Gasteiger partial charge in [-0.25, -0.2) is 9.67 Å². The molecular formula is C16H24N4O. The summed E-state index contributed by atoms with van der Waals surface area (Å²) < 4.78 is 7.70. The van der Waals surface area contributed by atoms with Gasteiger partial charge in [0.25, 0.3) is 0 Å². The zero-order valence-electron chi connectivity index (χ0n) is 13.2. The minimum Gasteiger partial charge on any atom is -0.486 e. The highest BCUT2D eigenvalue weighted by Gasteiger charge is 2.07. The molecule has 1 aromatic carbocycles. The minimum atomic E-state index is 0.341. The van der Waals surface area contributed by atoms with Gasteiger partial charge in [-0.05, 0) is 37.6 Å². The predicted octanol–water partition coefficient (Wildman–Crippen LogP) is 2.79. The first-order valence-corrected chi connectivity index (χ1v) is 7.37. The summed E-state index contributed by atoms with van der Waals surface area (Å²) in [5, 5.41) is 7.45. The Morgan fingerprint density at radius 1 is 1.19 bits per heavy atom. The maximum Gasteiger partial charge on any atom is 0.164 e. The van der Waals surface area contributed by atoms with Crippen molar-refractivity contribution in [2.75, 3.05) is 7.05 Å². The molecule has 0 aliphatic rings. The predicted molar refractivity (Wildman–Crippen MR) is 83.1 cm³/mol. The zero-order chi connectivity index (χ0) is 15.2. The molecule has 1 atom stereocenters. The lowest BCUT2D eigenvalue weighted by Gasteiger charge is -2.12. The summed E-state index contributed by atoms with van der Waals surface area (Å²) in [7, 11) is 1.95. The number of rotatable bonds is 7. The Balaban J connectivity index is 1.95. The molecule has 0 radical (unpaired) electrons. The Labute approximate surface area is 126 Å². The largest absolute Gasteiger partial charge is 0.486 e. The average Bonchev–Trinajstić information content (AvgIpc) is 2.91. The number of hydrogen-bond donors (Lipinski definition) is 1. The van der Waals surface area contributed by atoms with Crippen molar-refractivity contribution >= 4 is 0 Å². The maximum absolute atomic E-state index is 5.80. The Kier molecular flexibility index (Phi) is 5.33. The fraction of sp³-hybridized carbons (Fsp3) is 0.500. The van der Waals surface area contributed by atoms with E-state index in [0.29, 0.717) is 18.6 Å². The first-order valence-electron chi connectivity index (χ1n) is 7.37. The van der Waals surface area contributed by atoms with Gasteiger partial charge >= 0.3 is 0 Å². The van der Waals surface area contributed by atoms with Crippen LogP contribution in [0.1, 0.15) is 38.2 Å². The Morgan fingerprint density at radius 2 is 1.90 bits per heavy atom. The van der Waals surface area contributed by atoms with Crippen molar-refractivity contribution in [3.8, 4) is 5.75 Å². The Bertz CT molecular complexity index is 548. The normalized spacial score (nSPS) is 12.6. The molecule has 5 nitrogen and oxygen atoms in total. The van der Waals surface area contributed by atoms with Crippen molar-refractivity contribution in [3.63, 3.8) is 0 Å². The Hall–Kier alpha value is -1.88. The third-order valence-corrected chi connectivity index (χ3v) is 3.41. The molecule has 1 aromatic heterocycles. The van der Waals surface area contributed by atoms with Gasteiger partial charge in [-0.2, -0.15) is 5.10 Å². The minimum absolute atomic E-state index is 0.341. The van der Waals surface area contributed by atoms with E-state index in [1.54, 1.807) is 6.33 Å². The van der Waals surface area contributed by atoms with Crippen LogP contribution in [0, 0.1) is 5.92 Å². The van der Waals surface area contributed by atoms with Gasteiger partial charge in [0.15, 0.2) is 5.82 Å². The van der Waals surface area contributed by atoms with E-state index < -0.39 is 0 Å². The molecule has 0 spiro atoms. The quantitative estimate of drug-likeness (QED) is 0.851. The average molecular weight is 288 g/mol. The fourth-order valence-corrected chi connectivity index (χ4v) is 2.07. The van der Waals surface area contributed by atoms with Gasteiger partial charge in [-0.15, -0.1) is 0 Å². The van der Waals surface area contributed by atoms with Gasteiger partial charge in [0.1, 0.15) is 18.7 Å². The third kappa shape index (κ3) is 4.29. The summed E-state index contributed by atoms with van der Waals surface area (Å²) in [5.41, 5.74) is 1.24. The highest BCUT2D eigenvalue weighted by atomic mass is 16.5. The van der Waals surface area contributed by atoms with Gasteiger partial charge in [-0.1, -0.05) is 26.0 Å². The van der Waals surface area contributed by atoms with Crippen molar-refractivity contribution in [2.45, 2.75) is 40.0 Å². The number of benzene rings is 1. The molecule has 21 heavy (non-hydrogen) atoms. The standard InChI is InChI=1S/C16H24N4O/c1-12(2)9-20-16(18-11-19-20)10-21-15-7-5-14(6-8-15)13(3)17-4/h5-8,11-13,17H,9-10H2,1-4H3. The van der Waals surface area contributed by atoms with Crippen molar-refractivity contribution in [1.29, 1.82) is 0 Å². The maximum atomic E-state index is 5.80. The van der Waals surface area contributed by atoms with E-state index in [-0.39, 0.29) is 0 Å². The molecule has 0 bridgehead atoms. The van der Waals surface area contributed by atoms with E-state index in [1.165, 1.54) is 5.56 Å². The molecular weight excluding hydrogens is 264 g/mol. The van der Waals surface area contributed by atoms with E-state index in [4.69, 9.17) is 4.74 Å². The molecule has 0 amide bonds. The molecule has 0 saturated heterocycles. The van der Waals surface area contributed by atoms with Gasteiger partial charge in [0, 0.05) is 12.6 Å². The van der Waals surface area contributed by atoms with Crippen LogP contribution < -0.4 is 10.1 Å². The van der Waals surface area contributed by atoms with Crippen molar-refractivity contribution in [3.05, 3.63) is 42.0 Å². The zero-order valence-corrected chi connectivity index (χ0v) is 13.2. The van der Waals surface area contributed by atoms with Crippen LogP contribution in [0.2, 0.25) is 0 Å². The molecule has 1 N–H and O–H groups in total. The van der Waals surface area contributed by atoms with E-state index in [1.807, 2.05) is 23.9 Å². The molecule has 2 aromatic rings. The highest BCUT2D eigenvalue weighted by Crippen LogP contribution is 2.18. The van der Waals surface area contributed by atoms with Crippen LogP contribution in [0.15, 0.2) is 30.6 Å². The number of aromatic nitrogens is 3. The summed E-state index contributed by atoms with van der Waals surface area (Å²) in [6, 6.07) is 8.48. The van der Waals surface area contributed by atoms with Gasteiger partial charge in [-0.3, -0.25) is 0 Å². The lowest BCUT2D eigenvalue weighted by Crippen LogP contribution is -2.13. The van der Waals surface area contributed by atoms with Crippen molar-refractivity contribution in [1.82, 2.24) is 20.1 Å². The SMILES string of the molecule is CNC(C)c1ccc(OCc2ncnn2CC(C)C)cc1. The monoisotopic (exact) mass is 288 g/mol. The number of nitrogens with one attached hydrogen (secondary N) is 1. The lowest BCUT2D eigenvalue weighted by molar-refractivity contribution is 0.282. The third-order valence-electron chi connectivity index (χ3n) is 3.41. The topological polar surface area (TPSA) is 52.0 Å². The van der Waals surface area contributed by atoms with Crippen LogP contribution >= 0.6 is 0 Å². The van der Waals surface area contributed by atoms with E-state index >= 15 is 0 Å².